The Morgan fingerprint density at radius 3 is 2.52 bits per heavy atom. The van der Waals surface area contributed by atoms with Crippen molar-refractivity contribution in [2.75, 3.05) is 6.79 Å². The van der Waals surface area contributed by atoms with Gasteiger partial charge in [0.05, 0.1) is 12.2 Å². The summed E-state index contributed by atoms with van der Waals surface area (Å²) < 4.78 is 22.3. The van der Waals surface area contributed by atoms with E-state index in [1.54, 1.807) is 19.9 Å². The lowest BCUT2D eigenvalue weighted by molar-refractivity contribution is -0.364. The summed E-state index contributed by atoms with van der Waals surface area (Å²) >= 11 is 0. The van der Waals surface area contributed by atoms with Crippen molar-refractivity contribution in [3.05, 3.63) is 23.8 Å². The molecule has 0 aromatic heterocycles. The zero-order chi connectivity index (χ0) is 16.4. The molecule has 4 rings (SSSR count). The van der Waals surface area contributed by atoms with E-state index in [0.29, 0.717) is 11.5 Å². The number of ether oxygens (including phenoxy) is 4. The largest absolute Gasteiger partial charge is 0.454 e. The fourth-order valence-corrected chi connectivity index (χ4v) is 3.75. The first kappa shape index (κ1) is 15.2. The van der Waals surface area contributed by atoms with Gasteiger partial charge in [0.1, 0.15) is 12.2 Å². The summed E-state index contributed by atoms with van der Waals surface area (Å²) in [5.41, 5.74) is 7.08. The third-order valence-corrected chi connectivity index (χ3v) is 4.79. The van der Waals surface area contributed by atoms with Crippen molar-refractivity contribution in [2.45, 2.75) is 56.0 Å². The maximum Gasteiger partial charge on any atom is 0.231 e. The highest BCUT2D eigenvalue weighted by atomic mass is 16.7. The van der Waals surface area contributed by atoms with Gasteiger partial charge in [0.15, 0.2) is 17.3 Å². The molecule has 2 fully saturated rings. The molecule has 2 bridgehead atoms. The van der Waals surface area contributed by atoms with E-state index in [2.05, 4.69) is 0 Å². The molecular formula is C16H21NO6. The van der Waals surface area contributed by atoms with Gasteiger partial charge >= 0.3 is 0 Å². The third-order valence-electron chi connectivity index (χ3n) is 4.79. The minimum atomic E-state index is -0.986. The highest BCUT2D eigenvalue weighted by Crippen LogP contribution is 2.45. The number of benzene rings is 1. The molecule has 6 atom stereocenters. The molecule has 3 aliphatic rings. The molecule has 2 aliphatic heterocycles. The van der Waals surface area contributed by atoms with E-state index in [0.717, 1.165) is 5.56 Å². The summed E-state index contributed by atoms with van der Waals surface area (Å²) in [5, 5.41) is 21.0. The molecule has 0 amide bonds. The predicted molar refractivity (Wildman–Crippen MR) is 79.1 cm³/mol. The SMILES string of the molecule is CC1(C)O[C@H]2[C@@H](O)[C@H](N)[C@@H](c3ccc4c(c3)OCO4)[C@@H](O1)[C@H]2O. The van der Waals surface area contributed by atoms with Crippen molar-refractivity contribution >= 4 is 0 Å². The van der Waals surface area contributed by atoms with Crippen LogP contribution in [0.3, 0.4) is 0 Å². The summed E-state index contributed by atoms with van der Waals surface area (Å²) in [6, 6.07) is 4.88. The quantitative estimate of drug-likeness (QED) is 0.672. The van der Waals surface area contributed by atoms with Crippen LogP contribution in [0.25, 0.3) is 0 Å². The van der Waals surface area contributed by atoms with E-state index in [1.807, 2.05) is 12.1 Å². The van der Waals surface area contributed by atoms with Gasteiger partial charge < -0.3 is 34.9 Å². The number of hydrogen-bond donors (Lipinski definition) is 3. The summed E-state index contributed by atoms with van der Waals surface area (Å²) in [6.45, 7) is 3.71. The topological polar surface area (TPSA) is 103 Å². The molecule has 126 valence electrons. The Morgan fingerprint density at radius 2 is 1.74 bits per heavy atom. The van der Waals surface area contributed by atoms with E-state index >= 15 is 0 Å². The lowest BCUT2D eigenvalue weighted by atomic mass is 9.73. The number of aliphatic hydroxyl groups excluding tert-OH is 2. The Morgan fingerprint density at radius 1 is 1.04 bits per heavy atom. The van der Waals surface area contributed by atoms with Crippen molar-refractivity contribution in [2.24, 2.45) is 5.73 Å². The fourth-order valence-electron chi connectivity index (χ4n) is 3.75. The maximum absolute atomic E-state index is 10.5. The van der Waals surface area contributed by atoms with Crippen molar-refractivity contribution < 1.29 is 29.2 Å². The van der Waals surface area contributed by atoms with Gasteiger partial charge in [-0.2, -0.15) is 0 Å². The van der Waals surface area contributed by atoms with Crippen molar-refractivity contribution in [1.29, 1.82) is 0 Å². The van der Waals surface area contributed by atoms with E-state index in [4.69, 9.17) is 24.7 Å². The Kier molecular flexibility index (Phi) is 3.33. The molecule has 4 N–H and O–H groups in total. The van der Waals surface area contributed by atoms with E-state index in [1.165, 1.54) is 0 Å². The highest BCUT2D eigenvalue weighted by Gasteiger charge is 2.56. The Bertz CT molecular complexity index is 617. The maximum atomic E-state index is 10.5. The molecule has 0 radical (unpaired) electrons. The molecule has 1 aromatic rings. The Balaban J connectivity index is 1.74. The third kappa shape index (κ3) is 2.31. The van der Waals surface area contributed by atoms with E-state index < -0.39 is 36.2 Å². The average molecular weight is 323 g/mol. The van der Waals surface area contributed by atoms with Gasteiger partial charge in [-0.25, -0.2) is 0 Å². The van der Waals surface area contributed by atoms with Crippen LogP contribution in [0.5, 0.6) is 11.5 Å². The molecule has 7 nitrogen and oxygen atoms in total. The highest BCUT2D eigenvalue weighted by molar-refractivity contribution is 5.46. The molecule has 0 spiro atoms. The monoisotopic (exact) mass is 323 g/mol. The second-order valence-corrected chi connectivity index (χ2v) is 6.76. The molecule has 1 aliphatic carbocycles. The first-order valence-electron chi connectivity index (χ1n) is 7.74. The standard InChI is InChI=1S/C16H21NO6/c1-16(2)22-14-10(11(17)12(18)15(23-16)13(14)19)7-3-4-8-9(5-7)21-6-20-8/h3-5,10-15,18-19H,6,17H2,1-2H3/t10-,11-,12+,13-,14-,15+/m1/s1. The lowest BCUT2D eigenvalue weighted by Gasteiger charge is -2.54. The summed E-state index contributed by atoms with van der Waals surface area (Å²) in [6.07, 6.45) is -3.26. The minimum Gasteiger partial charge on any atom is -0.454 e. The molecule has 1 saturated carbocycles. The van der Waals surface area contributed by atoms with Crippen LogP contribution in [-0.4, -0.2) is 53.3 Å². The minimum absolute atomic E-state index is 0.184. The zero-order valence-electron chi connectivity index (χ0n) is 13.0. The van der Waals surface area contributed by atoms with Gasteiger partial charge in [-0.15, -0.1) is 0 Å². The smallest absolute Gasteiger partial charge is 0.231 e. The van der Waals surface area contributed by atoms with Crippen LogP contribution < -0.4 is 15.2 Å². The molecule has 23 heavy (non-hydrogen) atoms. The average Bonchev–Trinajstić information content (AvgIpc) is 2.96. The fraction of sp³-hybridized carbons (Fsp3) is 0.625. The second-order valence-electron chi connectivity index (χ2n) is 6.76. The van der Waals surface area contributed by atoms with Gasteiger partial charge in [-0.3, -0.25) is 0 Å². The molecule has 7 heteroatoms. The van der Waals surface area contributed by atoms with Crippen LogP contribution in [0, 0.1) is 0 Å². The van der Waals surface area contributed by atoms with Crippen LogP contribution >= 0.6 is 0 Å². The molecular weight excluding hydrogens is 302 g/mol. The van der Waals surface area contributed by atoms with Crippen molar-refractivity contribution in [3.63, 3.8) is 0 Å². The van der Waals surface area contributed by atoms with Crippen LogP contribution in [-0.2, 0) is 9.47 Å². The number of hydrogen-bond acceptors (Lipinski definition) is 7. The second kappa shape index (κ2) is 5.06. The molecule has 1 aromatic carbocycles. The summed E-state index contributed by atoms with van der Waals surface area (Å²) in [5.74, 6) is 0.0240. The number of aliphatic hydroxyl groups is 2. The van der Waals surface area contributed by atoms with Crippen LogP contribution in [0.4, 0.5) is 0 Å². The lowest BCUT2D eigenvalue weighted by Crippen LogP contribution is -2.69. The predicted octanol–water partition coefficient (Wildman–Crippen LogP) is 0.0817. The Labute approximate surface area is 133 Å². The summed E-state index contributed by atoms with van der Waals surface area (Å²) in [4.78, 5) is 0. The number of rotatable bonds is 1. The molecule has 2 heterocycles. The van der Waals surface area contributed by atoms with Gasteiger partial charge in [0, 0.05) is 12.0 Å². The van der Waals surface area contributed by atoms with Crippen LogP contribution in [0.2, 0.25) is 0 Å². The first-order chi connectivity index (χ1) is 10.9. The van der Waals surface area contributed by atoms with Crippen LogP contribution in [0.1, 0.15) is 25.3 Å². The van der Waals surface area contributed by atoms with E-state index in [9.17, 15) is 10.2 Å². The molecule has 0 unspecified atom stereocenters. The zero-order valence-corrected chi connectivity index (χ0v) is 13.0. The Hall–Kier alpha value is -1.38. The van der Waals surface area contributed by atoms with Gasteiger partial charge in [-0.05, 0) is 31.5 Å². The number of nitrogens with two attached hydrogens (primary N) is 1. The van der Waals surface area contributed by atoms with Crippen molar-refractivity contribution in [3.8, 4) is 11.5 Å². The normalized spacial score (nSPS) is 40.9. The van der Waals surface area contributed by atoms with Gasteiger partial charge in [0.25, 0.3) is 0 Å². The summed E-state index contributed by atoms with van der Waals surface area (Å²) in [7, 11) is 0. The van der Waals surface area contributed by atoms with E-state index in [-0.39, 0.29) is 12.7 Å². The first-order valence-corrected chi connectivity index (χ1v) is 7.74. The number of fused-ring (bicyclic) bond motifs is 3. The van der Waals surface area contributed by atoms with Gasteiger partial charge in [-0.1, -0.05) is 6.07 Å². The van der Waals surface area contributed by atoms with Crippen molar-refractivity contribution in [1.82, 2.24) is 0 Å². The van der Waals surface area contributed by atoms with Gasteiger partial charge in [0.2, 0.25) is 6.79 Å². The van der Waals surface area contributed by atoms with Crippen LogP contribution in [0.15, 0.2) is 18.2 Å². The molecule has 1 saturated heterocycles.